The highest BCUT2D eigenvalue weighted by Gasteiger charge is 2.32. The molecule has 6 rings (SSSR count). The van der Waals surface area contributed by atoms with Crippen molar-refractivity contribution in [2.45, 2.75) is 31.9 Å². The van der Waals surface area contributed by atoms with Gasteiger partial charge >= 0.3 is 0 Å². The van der Waals surface area contributed by atoms with Crippen molar-refractivity contribution in [3.8, 4) is 28.1 Å². The summed E-state index contributed by atoms with van der Waals surface area (Å²) in [6, 6.07) is 20.3. The van der Waals surface area contributed by atoms with E-state index in [1.165, 1.54) is 18.4 Å². The van der Waals surface area contributed by atoms with Crippen LogP contribution in [0, 0.1) is 0 Å². The summed E-state index contributed by atoms with van der Waals surface area (Å²) in [5, 5.41) is 14.2. The minimum atomic E-state index is -0.118. The van der Waals surface area contributed by atoms with E-state index in [0.29, 0.717) is 31.9 Å². The number of β-amino-alcohol motifs (C(OH)–C–C–N with tert-alkyl or cyclic N) is 1. The maximum absolute atomic E-state index is 13.4. The van der Waals surface area contributed by atoms with Crippen LogP contribution in [0.15, 0.2) is 73.1 Å². The maximum atomic E-state index is 13.4. The number of aromatic nitrogens is 3. The number of carbonyl (C=O) groups is 1. The van der Waals surface area contributed by atoms with Crippen LogP contribution in [-0.2, 0) is 13.2 Å². The van der Waals surface area contributed by atoms with E-state index in [1.807, 2.05) is 36.4 Å². The Bertz CT molecular complexity index is 1360. The predicted octanol–water partition coefficient (Wildman–Crippen LogP) is 4.52. The third kappa shape index (κ3) is 4.38. The lowest BCUT2D eigenvalue weighted by molar-refractivity contribution is 0.0662. The molecule has 182 valence electrons. The zero-order valence-electron chi connectivity index (χ0n) is 20.0. The molecule has 0 unspecified atom stereocenters. The molecule has 1 amide bonds. The largest absolute Gasteiger partial charge is 0.489 e. The molecule has 1 N–H and O–H groups in total. The van der Waals surface area contributed by atoms with Gasteiger partial charge in [-0.1, -0.05) is 36.4 Å². The van der Waals surface area contributed by atoms with Crippen molar-refractivity contribution in [3.63, 3.8) is 0 Å². The smallest absolute Gasteiger partial charge is 0.272 e. The highest BCUT2D eigenvalue weighted by Crippen LogP contribution is 2.40. The highest BCUT2D eigenvalue weighted by atomic mass is 16.5. The van der Waals surface area contributed by atoms with Gasteiger partial charge in [0.15, 0.2) is 0 Å². The molecule has 2 aromatic carbocycles. The molecule has 4 aromatic rings. The van der Waals surface area contributed by atoms with Gasteiger partial charge in [0.25, 0.3) is 5.91 Å². The van der Waals surface area contributed by atoms with Gasteiger partial charge in [-0.15, -0.1) is 0 Å². The van der Waals surface area contributed by atoms with Crippen molar-refractivity contribution in [3.05, 3.63) is 89.9 Å². The lowest BCUT2D eigenvalue weighted by atomic mass is 9.98. The second-order valence-electron chi connectivity index (χ2n) is 9.38. The molecule has 7 heteroatoms. The summed E-state index contributed by atoms with van der Waals surface area (Å²) in [5.41, 5.74) is 6.44. The Balaban J connectivity index is 1.28. The van der Waals surface area contributed by atoms with Gasteiger partial charge in [-0.3, -0.25) is 14.5 Å². The molecule has 1 aliphatic carbocycles. The number of hydrogen-bond donors (Lipinski definition) is 1. The highest BCUT2D eigenvalue weighted by molar-refractivity contribution is 6.03. The summed E-state index contributed by atoms with van der Waals surface area (Å²) in [5.74, 6) is 1.40. The fourth-order valence-electron chi connectivity index (χ4n) is 4.81. The lowest BCUT2D eigenvalue weighted by Crippen LogP contribution is -2.42. The Morgan fingerprint density at radius 3 is 2.36 bits per heavy atom. The van der Waals surface area contributed by atoms with E-state index in [1.54, 1.807) is 22.0 Å². The molecule has 7 nitrogen and oxygen atoms in total. The molecule has 0 atom stereocenters. The molecule has 0 radical (unpaired) electrons. The fourth-order valence-corrected chi connectivity index (χ4v) is 4.81. The summed E-state index contributed by atoms with van der Waals surface area (Å²) in [7, 11) is 0. The zero-order valence-corrected chi connectivity index (χ0v) is 20.0. The van der Waals surface area contributed by atoms with Crippen LogP contribution >= 0.6 is 0 Å². The average Bonchev–Trinajstić information content (AvgIpc) is 3.70. The summed E-state index contributed by atoms with van der Waals surface area (Å²) in [6.07, 6.45) is 6.06. The first kappa shape index (κ1) is 22.5. The number of ether oxygens (including phenoxy) is 1. The van der Waals surface area contributed by atoms with Gasteiger partial charge in [0, 0.05) is 36.6 Å². The first-order valence-corrected chi connectivity index (χ1v) is 12.4. The first-order valence-electron chi connectivity index (χ1n) is 12.4. The first-order chi connectivity index (χ1) is 17.7. The number of carbonyl (C=O) groups excluding carboxylic acids is 1. The van der Waals surface area contributed by atoms with Crippen LogP contribution in [0.3, 0.4) is 0 Å². The SMILES string of the molecule is O=C1c2c(-c3ccc(OCc4ccc(C5CC5)cc4)cc3)c(-c3ccncc3)nn2CCN1CCO. The normalized spacial score (nSPS) is 15.1. The molecular weight excluding hydrogens is 452 g/mol. The van der Waals surface area contributed by atoms with Gasteiger partial charge in [-0.2, -0.15) is 5.10 Å². The number of pyridine rings is 1. The maximum Gasteiger partial charge on any atom is 0.272 e. The number of fused-ring (bicyclic) bond motifs is 1. The Hall–Kier alpha value is -3.97. The van der Waals surface area contributed by atoms with Crippen LogP contribution in [0.5, 0.6) is 5.75 Å². The molecule has 1 saturated carbocycles. The number of hydrogen-bond acceptors (Lipinski definition) is 5. The molecule has 36 heavy (non-hydrogen) atoms. The van der Waals surface area contributed by atoms with E-state index in [-0.39, 0.29) is 12.5 Å². The van der Waals surface area contributed by atoms with Crippen LogP contribution < -0.4 is 4.74 Å². The van der Waals surface area contributed by atoms with Crippen LogP contribution in [0.1, 0.15) is 40.4 Å². The second-order valence-corrected chi connectivity index (χ2v) is 9.38. The van der Waals surface area contributed by atoms with E-state index in [9.17, 15) is 9.90 Å². The second kappa shape index (κ2) is 9.59. The van der Waals surface area contributed by atoms with Crippen molar-refractivity contribution in [1.82, 2.24) is 19.7 Å². The monoisotopic (exact) mass is 480 g/mol. The number of nitrogens with zero attached hydrogens (tertiary/aromatic N) is 4. The van der Waals surface area contributed by atoms with Gasteiger partial charge in [-0.05, 0) is 59.7 Å². The van der Waals surface area contributed by atoms with E-state index in [4.69, 9.17) is 9.84 Å². The van der Waals surface area contributed by atoms with Crippen molar-refractivity contribution in [2.75, 3.05) is 19.7 Å². The van der Waals surface area contributed by atoms with Gasteiger partial charge in [0.05, 0.1) is 13.2 Å². The van der Waals surface area contributed by atoms with Crippen LogP contribution in [0.25, 0.3) is 22.4 Å². The third-order valence-corrected chi connectivity index (χ3v) is 6.92. The van der Waals surface area contributed by atoms with Crippen LogP contribution in [0.4, 0.5) is 0 Å². The number of rotatable bonds is 8. The van der Waals surface area contributed by atoms with E-state index in [2.05, 4.69) is 29.2 Å². The molecule has 0 bridgehead atoms. The van der Waals surface area contributed by atoms with Gasteiger partial charge in [-0.25, -0.2) is 0 Å². The van der Waals surface area contributed by atoms with Gasteiger partial charge in [0.2, 0.25) is 0 Å². The molecule has 1 fully saturated rings. The topological polar surface area (TPSA) is 80.5 Å². The summed E-state index contributed by atoms with van der Waals surface area (Å²) >= 11 is 0. The minimum absolute atomic E-state index is 0.0677. The van der Waals surface area contributed by atoms with E-state index in [0.717, 1.165) is 39.6 Å². The van der Waals surface area contributed by atoms with Crippen molar-refractivity contribution in [1.29, 1.82) is 0 Å². The molecule has 0 spiro atoms. The number of benzene rings is 2. The summed E-state index contributed by atoms with van der Waals surface area (Å²) < 4.78 is 7.83. The van der Waals surface area contributed by atoms with Crippen LogP contribution in [0.2, 0.25) is 0 Å². The molecule has 2 aliphatic rings. The Labute approximate surface area is 210 Å². The Kier molecular flexibility index (Phi) is 5.99. The summed E-state index contributed by atoms with van der Waals surface area (Å²) in [4.78, 5) is 19.2. The van der Waals surface area contributed by atoms with E-state index >= 15 is 0 Å². The Morgan fingerprint density at radius 1 is 0.917 bits per heavy atom. The molecule has 3 heterocycles. The predicted molar refractivity (Wildman–Crippen MR) is 137 cm³/mol. The number of amides is 1. The van der Waals surface area contributed by atoms with E-state index < -0.39 is 0 Å². The molecule has 2 aromatic heterocycles. The molecular formula is C29H28N4O3. The Morgan fingerprint density at radius 2 is 1.67 bits per heavy atom. The average molecular weight is 481 g/mol. The third-order valence-electron chi connectivity index (χ3n) is 6.92. The standard InChI is InChI=1S/C29H28N4O3/c34-18-17-32-15-16-33-28(29(32)35)26(27(31-33)24-11-13-30-14-12-24)23-7-9-25(10-8-23)36-19-20-1-3-21(4-2-20)22-5-6-22/h1-4,7-14,22,34H,5-6,15-19H2. The summed E-state index contributed by atoms with van der Waals surface area (Å²) in [6.45, 7) is 1.85. The number of aliphatic hydroxyl groups is 1. The number of aliphatic hydroxyl groups excluding tert-OH is 1. The molecule has 0 saturated heterocycles. The fraction of sp³-hybridized carbons (Fsp3) is 0.276. The van der Waals surface area contributed by atoms with Crippen molar-refractivity contribution < 1.29 is 14.6 Å². The van der Waals surface area contributed by atoms with Crippen LogP contribution in [-0.4, -0.2) is 50.4 Å². The lowest BCUT2D eigenvalue weighted by Gasteiger charge is -2.27. The van der Waals surface area contributed by atoms with Gasteiger partial charge in [0.1, 0.15) is 23.7 Å². The quantitative estimate of drug-likeness (QED) is 0.401. The van der Waals surface area contributed by atoms with Gasteiger partial charge < -0.3 is 14.7 Å². The molecule has 1 aliphatic heterocycles. The van der Waals surface area contributed by atoms with Crippen molar-refractivity contribution in [2.24, 2.45) is 0 Å². The zero-order chi connectivity index (χ0) is 24.5. The van der Waals surface area contributed by atoms with Crippen molar-refractivity contribution >= 4 is 5.91 Å². The minimum Gasteiger partial charge on any atom is -0.489 e.